The number of amides is 1. The molecule has 2 saturated heterocycles. The predicted molar refractivity (Wildman–Crippen MR) is 108 cm³/mol. The van der Waals surface area contributed by atoms with Gasteiger partial charge in [-0.05, 0) is 37.1 Å². The lowest BCUT2D eigenvalue weighted by molar-refractivity contribution is -0.123. The van der Waals surface area contributed by atoms with Crippen LogP contribution in [0, 0.1) is 5.82 Å². The molecule has 160 valence electrons. The van der Waals surface area contributed by atoms with Crippen molar-refractivity contribution in [2.24, 2.45) is 0 Å². The SMILES string of the molecule is O=C(COc1ccc(F)cc1)NCc1nc(N2CCCC2)nc(N2CCOCC2)n1. The molecule has 30 heavy (non-hydrogen) atoms. The Morgan fingerprint density at radius 2 is 1.63 bits per heavy atom. The van der Waals surface area contributed by atoms with Crippen LogP contribution in [0.1, 0.15) is 18.7 Å². The van der Waals surface area contributed by atoms with Crippen molar-refractivity contribution in [1.29, 1.82) is 0 Å². The minimum Gasteiger partial charge on any atom is -0.484 e. The van der Waals surface area contributed by atoms with Gasteiger partial charge >= 0.3 is 0 Å². The minimum absolute atomic E-state index is 0.173. The first-order valence-electron chi connectivity index (χ1n) is 10.1. The van der Waals surface area contributed by atoms with Gasteiger partial charge in [0.25, 0.3) is 5.91 Å². The van der Waals surface area contributed by atoms with E-state index in [1.807, 2.05) is 0 Å². The molecule has 0 aliphatic carbocycles. The highest BCUT2D eigenvalue weighted by molar-refractivity contribution is 5.77. The van der Waals surface area contributed by atoms with Crippen LogP contribution in [0.4, 0.5) is 16.3 Å². The van der Waals surface area contributed by atoms with Gasteiger partial charge in [-0.3, -0.25) is 4.79 Å². The minimum atomic E-state index is -0.355. The zero-order valence-electron chi connectivity index (χ0n) is 16.7. The van der Waals surface area contributed by atoms with Gasteiger partial charge in [0, 0.05) is 26.2 Å². The molecule has 1 aromatic carbocycles. The fourth-order valence-corrected chi connectivity index (χ4v) is 3.35. The molecule has 4 rings (SSSR count). The van der Waals surface area contributed by atoms with E-state index in [-0.39, 0.29) is 24.9 Å². The summed E-state index contributed by atoms with van der Waals surface area (Å²) in [5.74, 6) is 1.53. The number of halogens is 1. The summed E-state index contributed by atoms with van der Waals surface area (Å²) in [4.78, 5) is 30.2. The van der Waals surface area contributed by atoms with Crippen molar-refractivity contribution in [2.75, 3.05) is 55.8 Å². The first-order valence-corrected chi connectivity index (χ1v) is 10.1. The summed E-state index contributed by atoms with van der Waals surface area (Å²) in [6.07, 6.45) is 2.23. The van der Waals surface area contributed by atoms with Crippen molar-refractivity contribution < 1.29 is 18.7 Å². The number of hydrogen-bond acceptors (Lipinski definition) is 8. The van der Waals surface area contributed by atoms with Crippen molar-refractivity contribution in [2.45, 2.75) is 19.4 Å². The van der Waals surface area contributed by atoms with Gasteiger partial charge < -0.3 is 24.6 Å². The molecule has 1 aromatic heterocycles. The Kier molecular flexibility index (Phi) is 6.53. The fourth-order valence-electron chi connectivity index (χ4n) is 3.35. The van der Waals surface area contributed by atoms with E-state index in [9.17, 15) is 9.18 Å². The Hall–Kier alpha value is -3.01. The maximum absolute atomic E-state index is 12.9. The van der Waals surface area contributed by atoms with Crippen LogP contribution in [-0.4, -0.2) is 66.9 Å². The molecule has 1 N–H and O–H groups in total. The van der Waals surface area contributed by atoms with Crippen molar-refractivity contribution in [3.63, 3.8) is 0 Å². The molecular formula is C20H25FN6O3. The molecule has 3 heterocycles. The van der Waals surface area contributed by atoms with Gasteiger partial charge in [-0.25, -0.2) is 4.39 Å². The van der Waals surface area contributed by atoms with Gasteiger partial charge in [0.2, 0.25) is 11.9 Å². The smallest absolute Gasteiger partial charge is 0.258 e. The lowest BCUT2D eigenvalue weighted by Gasteiger charge is -2.28. The standard InChI is InChI=1S/C20H25FN6O3/c21-15-3-5-16(6-4-15)30-14-18(28)22-13-17-23-19(26-7-1-2-8-26)25-20(24-17)27-9-11-29-12-10-27/h3-6H,1-2,7-14H2,(H,22,28). The Bertz CT molecular complexity index is 854. The summed E-state index contributed by atoms with van der Waals surface area (Å²) in [5, 5.41) is 2.78. The van der Waals surface area contributed by atoms with E-state index < -0.39 is 0 Å². The van der Waals surface area contributed by atoms with Gasteiger partial charge in [-0.1, -0.05) is 0 Å². The van der Waals surface area contributed by atoms with Crippen LogP contribution in [0.2, 0.25) is 0 Å². The Balaban J connectivity index is 1.39. The molecule has 2 aliphatic heterocycles. The molecule has 2 aromatic rings. The quantitative estimate of drug-likeness (QED) is 0.719. The van der Waals surface area contributed by atoms with E-state index in [1.165, 1.54) is 24.3 Å². The highest BCUT2D eigenvalue weighted by Gasteiger charge is 2.21. The maximum Gasteiger partial charge on any atom is 0.258 e. The van der Waals surface area contributed by atoms with E-state index in [4.69, 9.17) is 9.47 Å². The molecule has 0 spiro atoms. The molecule has 9 nitrogen and oxygen atoms in total. The second kappa shape index (κ2) is 9.66. The number of ether oxygens (including phenoxy) is 2. The second-order valence-electron chi connectivity index (χ2n) is 7.16. The predicted octanol–water partition coefficient (Wildman–Crippen LogP) is 1.14. The third-order valence-corrected chi connectivity index (χ3v) is 4.97. The highest BCUT2D eigenvalue weighted by Crippen LogP contribution is 2.19. The van der Waals surface area contributed by atoms with Crippen LogP contribution in [0.3, 0.4) is 0 Å². The molecule has 0 saturated carbocycles. The van der Waals surface area contributed by atoms with Gasteiger partial charge in [0.15, 0.2) is 12.4 Å². The van der Waals surface area contributed by atoms with Gasteiger partial charge in [-0.2, -0.15) is 15.0 Å². The van der Waals surface area contributed by atoms with Crippen LogP contribution < -0.4 is 19.9 Å². The summed E-state index contributed by atoms with van der Waals surface area (Å²) >= 11 is 0. The van der Waals surface area contributed by atoms with Crippen molar-refractivity contribution in [1.82, 2.24) is 20.3 Å². The highest BCUT2D eigenvalue weighted by atomic mass is 19.1. The summed E-state index contributed by atoms with van der Waals surface area (Å²) in [7, 11) is 0. The van der Waals surface area contributed by atoms with Gasteiger partial charge in [0.05, 0.1) is 19.8 Å². The fraction of sp³-hybridized carbons (Fsp3) is 0.500. The van der Waals surface area contributed by atoms with Crippen molar-refractivity contribution in [3.05, 3.63) is 35.9 Å². The number of nitrogens with one attached hydrogen (secondary N) is 1. The summed E-state index contributed by atoms with van der Waals surface area (Å²) in [6.45, 7) is 4.56. The number of carbonyl (C=O) groups is 1. The Morgan fingerprint density at radius 3 is 2.30 bits per heavy atom. The van der Waals surface area contributed by atoms with E-state index in [1.54, 1.807) is 0 Å². The molecule has 0 atom stereocenters. The average molecular weight is 416 g/mol. The Labute approximate surface area is 174 Å². The van der Waals surface area contributed by atoms with Gasteiger partial charge in [0.1, 0.15) is 11.6 Å². The van der Waals surface area contributed by atoms with Crippen LogP contribution in [-0.2, 0) is 16.1 Å². The third-order valence-electron chi connectivity index (χ3n) is 4.97. The average Bonchev–Trinajstić information content (AvgIpc) is 3.33. The molecule has 2 aliphatic rings. The Morgan fingerprint density at radius 1 is 1.00 bits per heavy atom. The molecule has 2 fully saturated rings. The lowest BCUT2D eigenvalue weighted by Crippen LogP contribution is -2.38. The zero-order valence-corrected chi connectivity index (χ0v) is 16.7. The lowest BCUT2D eigenvalue weighted by atomic mass is 10.3. The zero-order chi connectivity index (χ0) is 20.8. The first-order chi connectivity index (χ1) is 14.7. The van der Waals surface area contributed by atoms with E-state index >= 15 is 0 Å². The van der Waals surface area contributed by atoms with Crippen LogP contribution >= 0.6 is 0 Å². The summed E-state index contributed by atoms with van der Waals surface area (Å²) < 4.78 is 23.7. The van der Waals surface area contributed by atoms with Crippen LogP contribution in [0.15, 0.2) is 24.3 Å². The number of benzene rings is 1. The number of nitrogens with zero attached hydrogens (tertiary/aromatic N) is 5. The number of rotatable bonds is 7. The maximum atomic E-state index is 12.9. The number of anilines is 2. The van der Waals surface area contributed by atoms with E-state index in [0.29, 0.717) is 36.7 Å². The number of carbonyl (C=O) groups excluding carboxylic acids is 1. The van der Waals surface area contributed by atoms with Gasteiger partial charge in [-0.15, -0.1) is 0 Å². The van der Waals surface area contributed by atoms with E-state index in [0.717, 1.165) is 39.0 Å². The molecule has 0 unspecified atom stereocenters. The second-order valence-corrected chi connectivity index (χ2v) is 7.16. The molecule has 0 bridgehead atoms. The number of morpholine rings is 1. The topological polar surface area (TPSA) is 92.7 Å². The number of aromatic nitrogens is 3. The van der Waals surface area contributed by atoms with Crippen LogP contribution in [0.5, 0.6) is 5.75 Å². The van der Waals surface area contributed by atoms with Crippen LogP contribution in [0.25, 0.3) is 0 Å². The molecule has 1 amide bonds. The largest absolute Gasteiger partial charge is 0.484 e. The third kappa shape index (κ3) is 5.32. The van der Waals surface area contributed by atoms with Crippen molar-refractivity contribution >= 4 is 17.8 Å². The summed E-state index contributed by atoms with van der Waals surface area (Å²) in [5.41, 5.74) is 0. The molecule has 0 radical (unpaired) electrons. The monoisotopic (exact) mass is 416 g/mol. The van der Waals surface area contributed by atoms with Crippen molar-refractivity contribution in [3.8, 4) is 5.75 Å². The molecule has 10 heteroatoms. The van der Waals surface area contributed by atoms with E-state index in [2.05, 4.69) is 30.1 Å². The normalized spacial score (nSPS) is 16.6. The first kappa shape index (κ1) is 20.3. The number of hydrogen-bond donors (Lipinski definition) is 1. The summed E-state index contributed by atoms with van der Waals surface area (Å²) in [6, 6.07) is 5.52. The molecular weight excluding hydrogens is 391 g/mol.